The maximum atomic E-state index is 12.2. The highest BCUT2D eigenvalue weighted by Crippen LogP contribution is 2.42. The second-order valence-electron chi connectivity index (χ2n) is 6.15. The number of pyridine rings is 1. The van der Waals surface area contributed by atoms with Gasteiger partial charge >= 0.3 is 6.03 Å². The molecule has 0 aliphatic carbocycles. The van der Waals surface area contributed by atoms with Gasteiger partial charge in [0.25, 0.3) is 0 Å². The van der Waals surface area contributed by atoms with Gasteiger partial charge in [0.05, 0.1) is 11.0 Å². The summed E-state index contributed by atoms with van der Waals surface area (Å²) in [5.41, 5.74) is 0.802. The summed E-state index contributed by atoms with van der Waals surface area (Å²) in [6.45, 7) is 6.37. The number of hydroxylamine groups is 2. The Kier molecular flexibility index (Phi) is 6.74. The number of amides is 2. The number of unbranched alkanes of at least 4 members (excludes halogenated alkanes) is 1. The van der Waals surface area contributed by atoms with Crippen molar-refractivity contribution in [1.29, 1.82) is 0 Å². The van der Waals surface area contributed by atoms with E-state index in [9.17, 15) is 10.0 Å². The SMILES string of the molecule is CCCCNC(=O)N(O)[C@H]1N(/N=C\c2cccnc2)C(=S)SC1(C)C. The molecule has 0 unspecified atom stereocenters. The average Bonchev–Trinajstić information content (AvgIpc) is 2.81. The van der Waals surface area contributed by atoms with Crippen LogP contribution in [0.1, 0.15) is 39.2 Å². The summed E-state index contributed by atoms with van der Waals surface area (Å²) in [4.78, 5) is 16.3. The third kappa shape index (κ3) is 4.90. The first-order valence-electron chi connectivity index (χ1n) is 8.09. The van der Waals surface area contributed by atoms with E-state index in [1.165, 1.54) is 16.8 Å². The number of hydrogen-bond donors (Lipinski definition) is 2. The van der Waals surface area contributed by atoms with Gasteiger partial charge in [-0.2, -0.15) is 10.2 Å². The normalized spacial score (nSPS) is 19.4. The molecule has 0 aromatic carbocycles. The first-order chi connectivity index (χ1) is 11.9. The Morgan fingerprint density at radius 2 is 2.40 bits per heavy atom. The van der Waals surface area contributed by atoms with Crippen molar-refractivity contribution in [1.82, 2.24) is 20.4 Å². The zero-order valence-electron chi connectivity index (χ0n) is 14.5. The van der Waals surface area contributed by atoms with Gasteiger partial charge < -0.3 is 5.32 Å². The molecule has 1 aromatic heterocycles. The Labute approximate surface area is 157 Å². The van der Waals surface area contributed by atoms with Crippen LogP contribution in [0.4, 0.5) is 4.79 Å². The van der Waals surface area contributed by atoms with E-state index in [0.717, 1.165) is 18.4 Å². The van der Waals surface area contributed by atoms with Crippen LogP contribution in [-0.2, 0) is 0 Å². The Morgan fingerprint density at radius 3 is 3.04 bits per heavy atom. The van der Waals surface area contributed by atoms with Crippen LogP contribution in [0.3, 0.4) is 0 Å². The van der Waals surface area contributed by atoms with Crippen LogP contribution in [0.15, 0.2) is 29.6 Å². The van der Waals surface area contributed by atoms with E-state index >= 15 is 0 Å². The minimum absolute atomic E-state index is 0.496. The Balaban J connectivity index is 2.17. The Morgan fingerprint density at radius 1 is 1.64 bits per heavy atom. The van der Waals surface area contributed by atoms with E-state index in [1.807, 2.05) is 26.8 Å². The van der Waals surface area contributed by atoms with Gasteiger partial charge in [-0.3, -0.25) is 10.2 Å². The Hall–Kier alpha value is -1.71. The third-order valence-electron chi connectivity index (χ3n) is 3.65. The molecular formula is C16H23N5O2S2. The van der Waals surface area contributed by atoms with Crippen molar-refractivity contribution in [3.05, 3.63) is 30.1 Å². The van der Waals surface area contributed by atoms with Crippen LogP contribution in [-0.4, -0.2) is 54.3 Å². The number of aromatic nitrogens is 1. The number of nitrogens with zero attached hydrogens (tertiary/aromatic N) is 4. The maximum Gasteiger partial charge on any atom is 0.343 e. The van der Waals surface area contributed by atoms with Crippen molar-refractivity contribution < 1.29 is 10.0 Å². The second kappa shape index (κ2) is 8.59. The molecule has 1 atom stereocenters. The van der Waals surface area contributed by atoms with E-state index in [1.54, 1.807) is 24.7 Å². The summed E-state index contributed by atoms with van der Waals surface area (Å²) < 4.78 is -0.0178. The summed E-state index contributed by atoms with van der Waals surface area (Å²) in [5.74, 6) is 0. The van der Waals surface area contributed by atoms with Crippen LogP contribution in [0.25, 0.3) is 0 Å². The van der Waals surface area contributed by atoms with Gasteiger partial charge in [0.15, 0.2) is 10.5 Å². The number of carbonyl (C=O) groups excluding carboxylic acids is 1. The van der Waals surface area contributed by atoms with Crippen molar-refractivity contribution in [2.24, 2.45) is 5.10 Å². The molecule has 0 saturated carbocycles. The molecule has 7 nitrogen and oxygen atoms in total. The predicted octanol–water partition coefficient (Wildman–Crippen LogP) is 3.05. The predicted molar refractivity (Wildman–Crippen MR) is 104 cm³/mol. The first kappa shape index (κ1) is 19.6. The number of urea groups is 1. The van der Waals surface area contributed by atoms with Crippen molar-refractivity contribution in [3.8, 4) is 0 Å². The van der Waals surface area contributed by atoms with Crippen molar-refractivity contribution >= 4 is 40.5 Å². The third-order valence-corrected chi connectivity index (χ3v) is 5.19. The van der Waals surface area contributed by atoms with E-state index < -0.39 is 16.9 Å². The summed E-state index contributed by atoms with van der Waals surface area (Å²) >= 11 is 6.78. The fourth-order valence-corrected chi connectivity index (χ4v) is 4.16. The number of carbonyl (C=O) groups is 1. The van der Waals surface area contributed by atoms with Crippen LogP contribution in [0.5, 0.6) is 0 Å². The summed E-state index contributed by atoms with van der Waals surface area (Å²) in [7, 11) is 0. The first-order valence-corrected chi connectivity index (χ1v) is 9.31. The Bertz CT molecular complexity index is 639. The largest absolute Gasteiger partial charge is 0.343 e. The lowest BCUT2D eigenvalue weighted by Crippen LogP contribution is -2.55. The number of rotatable bonds is 6. The smallest absolute Gasteiger partial charge is 0.336 e. The summed E-state index contributed by atoms with van der Waals surface area (Å²) in [6.07, 6.45) is 6.06. The zero-order valence-corrected chi connectivity index (χ0v) is 16.2. The zero-order chi connectivity index (χ0) is 18.4. The second-order valence-corrected chi connectivity index (χ2v) is 8.44. The fourth-order valence-electron chi connectivity index (χ4n) is 2.37. The number of hydrogen-bond acceptors (Lipinski definition) is 6. The average molecular weight is 382 g/mol. The van der Waals surface area contributed by atoms with Gasteiger partial charge in [0, 0.05) is 24.5 Å². The molecule has 9 heteroatoms. The molecule has 1 aromatic rings. The topological polar surface area (TPSA) is 81.1 Å². The van der Waals surface area contributed by atoms with Gasteiger partial charge in [0.2, 0.25) is 0 Å². The highest BCUT2D eigenvalue weighted by molar-refractivity contribution is 8.24. The lowest BCUT2D eigenvalue weighted by atomic mass is 10.1. The van der Waals surface area contributed by atoms with Crippen molar-refractivity contribution in [2.45, 2.75) is 44.5 Å². The highest BCUT2D eigenvalue weighted by Gasteiger charge is 2.49. The lowest BCUT2D eigenvalue weighted by molar-refractivity contribution is -0.118. The molecular weight excluding hydrogens is 358 g/mol. The quantitative estimate of drug-likeness (QED) is 0.259. The summed E-state index contributed by atoms with van der Waals surface area (Å²) in [6, 6.07) is 3.11. The van der Waals surface area contributed by atoms with E-state index in [-0.39, 0.29) is 0 Å². The van der Waals surface area contributed by atoms with Crippen molar-refractivity contribution in [2.75, 3.05) is 6.54 Å². The summed E-state index contributed by atoms with van der Waals surface area (Å²) in [5, 5.41) is 19.7. The fraction of sp³-hybridized carbons (Fsp3) is 0.500. The molecule has 1 aliphatic heterocycles. The van der Waals surface area contributed by atoms with Crippen LogP contribution < -0.4 is 5.32 Å². The minimum Gasteiger partial charge on any atom is -0.336 e. The van der Waals surface area contributed by atoms with Crippen LogP contribution >= 0.6 is 24.0 Å². The maximum absolute atomic E-state index is 12.2. The number of thioether (sulfide) groups is 1. The molecule has 1 saturated heterocycles. The van der Waals surface area contributed by atoms with E-state index in [2.05, 4.69) is 15.4 Å². The highest BCUT2D eigenvalue weighted by atomic mass is 32.2. The molecule has 2 N–H and O–H groups in total. The molecule has 1 fully saturated rings. The number of nitrogens with one attached hydrogen (secondary N) is 1. The minimum atomic E-state index is -0.709. The number of hydrazone groups is 1. The molecule has 0 bridgehead atoms. The monoisotopic (exact) mass is 381 g/mol. The number of thiocarbonyl (C=S) groups is 1. The molecule has 0 radical (unpaired) electrons. The molecule has 2 rings (SSSR count). The molecule has 0 spiro atoms. The van der Waals surface area contributed by atoms with Crippen LogP contribution in [0, 0.1) is 0 Å². The molecule has 2 amide bonds. The van der Waals surface area contributed by atoms with Gasteiger partial charge in [-0.25, -0.2) is 9.80 Å². The molecule has 2 heterocycles. The van der Waals surface area contributed by atoms with Crippen LogP contribution in [0.2, 0.25) is 0 Å². The molecule has 25 heavy (non-hydrogen) atoms. The standard InChI is InChI=1S/C16H23N5O2S2/c1-4-5-9-18-14(22)21(23)13-16(2,3)25-15(24)20(13)19-11-12-7-6-8-17-10-12/h6-8,10-11,13,23H,4-5,9H2,1-3H3,(H,18,22)/b19-11-/t13-/m1/s1. The van der Waals surface area contributed by atoms with Gasteiger partial charge in [-0.1, -0.05) is 43.4 Å². The molecule has 1 aliphatic rings. The van der Waals surface area contributed by atoms with Gasteiger partial charge in [0.1, 0.15) is 0 Å². The van der Waals surface area contributed by atoms with Crippen molar-refractivity contribution in [3.63, 3.8) is 0 Å². The van der Waals surface area contributed by atoms with E-state index in [0.29, 0.717) is 15.9 Å². The molecule has 136 valence electrons. The van der Waals surface area contributed by atoms with Gasteiger partial charge in [-0.05, 0) is 26.3 Å². The van der Waals surface area contributed by atoms with E-state index in [4.69, 9.17) is 12.2 Å². The lowest BCUT2D eigenvalue weighted by Gasteiger charge is -2.34. The van der Waals surface area contributed by atoms with Gasteiger partial charge in [-0.15, -0.1) is 0 Å².